The van der Waals surface area contributed by atoms with Gasteiger partial charge in [-0.05, 0) is 23.3 Å². The van der Waals surface area contributed by atoms with Gasteiger partial charge in [0.15, 0.2) is 0 Å². The Kier molecular flexibility index (Phi) is 5.87. The number of amides is 2. The number of morpholine rings is 1. The summed E-state index contributed by atoms with van der Waals surface area (Å²) in [7, 11) is 1.59. The summed E-state index contributed by atoms with van der Waals surface area (Å²) in [5.41, 5.74) is 2.72. The maximum absolute atomic E-state index is 12.2. The molecule has 6 nitrogen and oxygen atoms in total. The lowest BCUT2D eigenvalue weighted by Gasteiger charge is -2.23. The predicted molar refractivity (Wildman–Crippen MR) is 98.1 cm³/mol. The smallest absolute Gasteiger partial charge is 0.319 e. The number of benzene rings is 2. The molecule has 1 saturated heterocycles. The van der Waals surface area contributed by atoms with E-state index in [0.717, 1.165) is 24.2 Å². The Morgan fingerprint density at radius 1 is 1.24 bits per heavy atom. The number of hydrogen-bond acceptors (Lipinski definition) is 4. The molecule has 0 aromatic heterocycles. The topological polar surface area (TPSA) is 71.6 Å². The monoisotopic (exact) mass is 341 g/mol. The third-order valence-electron chi connectivity index (χ3n) is 4.05. The van der Waals surface area contributed by atoms with E-state index in [0.29, 0.717) is 24.6 Å². The van der Waals surface area contributed by atoms with Crippen LogP contribution >= 0.6 is 0 Å². The molecule has 2 aromatic carbocycles. The molecule has 3 rings (SSSR count). The Balaban J connectivity index is 1.66. The third-order valence-corrected chi connectivity index (χ3v) is 4.05. The second kappa shape index (κ2) is 8.50. The molecular formula is C19H23N3O3. The molecule has 2 aromatic rings. The average Bonchev–Trinajstić information content (AvgIpc) is 2.68. The molecule has 0 radical (unpaired) electrons. The Labute approximate surface area is 147 Å². The van der Waals surface area contributed by atoms with Gasteiger partial charge >= 0.3 is 6.03 Å². The van der Waals surface area contributed by atoms with E-state index in [1.54, 1.807) is 7.11 Å². The molecule has 132 valence electrons. The van der Waals surface area contributed by atoms with Crippen LogP contribution in [-0.4, -0.2) is 45.5 Å². The van der Waals surface area contributed by atoms with E-state index in [4.69, 9.17) is 9.47 Å². The van der Waals surface area contributed by atoms with Crippen LogP contribution in [0.2, 0.25) is 0 Å². The molecular weight excluding hydrogens is 318 g/mol. The first kappa shape index (κ1) is 17.3. The van der Waals surface area contributed by atoms with Crippen LogP contribution in [0.3, 0.4) is 0 Å². The van der Waals surface area contributed by atoms with Crippen molar-refractivity contribution < 1.29 is 14.3 Å². The second-order valence-electron chi connectivity index (χ2n) is 5.81. The quantitative estimate of drug-likeness (QED) is 0.781. The standard InChI is InChI=1S/C19H23N3O3/c1-24-18-8-7-15(14-5-3-2-4-6-14)11-17(18)22-19(23)21-13-16-12-20-9-10-25-16/h2-8,11,16,20H,9-10,12-13H2,1H3,(H2,21,22,23)/t16-/m0/s1. The fourth-order valence-electron chi connectivity index (χ4n) is 2.74. The first-order valence-electron chi connectivity index (χ1n) is 8.37. The lowest BCUT2D eigenvalue weighted by atomic mass is 10.0. The predicted octanol–water partition coefficient (Wildman–Crippen LogP) is 2.47. The lowest BCUT2D eigenvalue weighted by Crippen LogP contribution is -2.46. The summed E-state index contributed by atoms with van der Waals surface area (Å²) in [4.78, 5) is 12.2. The highest BCUT2D eigenvalue weighted by molar-refractivity contribution is 5.92. The van der Waals surface area contributed by atoms with Gasteiger partial charge < -0.3 is 25.4 Å². The number of carbonyl (C=O) groups is 1. The number of anilines is 1. The van der Waals surface area contributed by atoms with Gasteiger partial charge in [0.2, 0.25) is 0 Å². The van der Waals surface area contributed by atoms with Crippen LogP contribution in [0.1, 0.15) is 0 Å². The van der Waals surface area contributed by atoms with E-state index in [-0.39, 0.29) is 12.1 Å². The van der Waals surface area contributed by atoms with E-state index in [2.05, 4.69) is 16.0 Å². The van der Waals surface area contributed by atoms with Gasteiger partial charge in [0.05, 0.1) is 25.5 Å². The number of nitrogens with one attached hydrogen (secondary N) is 3. The first-order valence-corrected chi connectivity index (χ1v) is 8.37. The Morgan fingerprint density at radius 2 is 2.08 bits per heavy atom. The summed E-state index contributed by atoms with van der Waals surface area (Å²) in [6.07, 6.45) is -0.00273. The van der Waals surface area contributed by atoms with Crippen LogP contribution < -0.4 is 20.7 Å². The molecule has 1 heterocycles. The summed E-state index contributed by atoms with van der Waals surface area (Å²) in [6.45, 7) is 2.72. The van der Waals surface area contributed by atoms with E-state index in [9.17, 15) is 4.79 Å². The van der Waals surface area contributed by atoms with Gasteiger partial charge in [-0.15, -0.1) is 0 Å². The Hall–Kier alpha value is -2.57. The zero-order valence-electron chi connectivity index (χ0n) is 14.2. The minimum absolute atomic E-state index is 0.00273. The summed E-state index contributed by atoms with van der Waals surface area (Å²) in [5, 5.41) is 8.94. The fraction of sp³-hybridized carbons (Fsp3) is 0.316. The van der Waals surface area contributed by atoms with E-state index in [1.807, 2.05) is 48.5 Å². The highest BCUT2D eigenvalue weighted by atomic mass is 16.5. The van der Waals surface area contributed by atoms with Crippen molar-refractivity contribution in [3.05, 3.63) is 48.5 Å². The molecule has 6 heteroatoms. The molecule has 1 aliphatic rings. The third kappa shape index (κ3) is 4.71. The maximum Gasteiger partial charge on any atom is 0.319 e. The van der Waals surface area contributed by atoms with Crippen molar-refractivity contribution in [2.24, 2.45) is 0 Å². The number of carbonyl (C=O) groups excluding carboxylic acids is 1. The van der Waals surface area contributed by atoms with Crippen molar-refractivity contribution in [3.63, 3.8) is 0 Å². The molecule has 25 heavy (non-hydrogen) atoms. The van der Waals surface area contributed by atoms with E-state index < -0.39 is 0 Å². The number of rotatable bonds is 5. The van der Waals surface area contributed by atoms with Crippen molar-refractivity contribution in [1.82, 2.24) is 10.6 Å². The molecule has 0 spiro atoms. The molecule has 2 amide bonds. The van der Waals surface area contributed by atoms with Gasteiger partial charge in [-0.25, -0.2) is 4.79 Å². The molecule has 1 atom stereocenters. The maximum atomic E-state index is 12.2. The van der Waals surface area contributed by atoms with Crippen molar-refractivity contribution in [1.29, 1.82) is 0 Å². The van der Waals surface area contributed by atoms with E-state index >= 15 is 0 Å². The van der Waals surface area contributed by atoms with Crippen molar-refractivity contribution in [2.75, 3.05) is 38.7 Å². The number of methoxy groups -OCH3 is 1. The Bertz CT molecular complexity index is 700. The SMILES string of the molecule is COc1ccc(-c2ccccc2)cc1NC(=O)NC[C@@H]1CNCCO1. The summed E-state index contributed by atoms with van der Waals surface area (Å²) in [6, 6.07) is 15.4. The van der Waals surface area contributed by atoms with Crippen LogP contribution in [0, 0.1) is 0 Å². The molecule has 0 unspecified atom stereocenters. The molecule has 0 bridgehead atoms. The van der Waals surface area contributed by atoms with Gasteiger partial charge in [0.1, 0.15) is 5.75 Å². The lowest BCUT2D eigenvalue weighted by molar-refractivity contribution is 0.0310. The minimum Gasteiger partial charge on any atom is -0.495 e. The van der Waals surface area contributed by atoms with Crippen LogP contribution in [-0.2, 0) is 4.74 Å². The summed E-state index contributed by atoms with van der Waals surface area (Å²) >= 11 is 0. The fourth-order valence-corrected chi connectivity index (χ4v) is 2.74. The van der Waals surface area contributed by atoms with Crippen molar-refractivity contribution in [2.45, 2.75) is 6.10 Å². The van der Waals surface area contributed by atoms with Crippen LogP contribution in [0.15, 0.2) is 48.5 Å². The van der Waals surface area contributed by atoms with Gasteiger partial charge in [0, 0.05) is 19.6 Å². The molecule has 0 saturated carbocycles. The van der Waals surface area contributed by atoms with Crippen LogP contribution in [0.5, 0.6) is 5.75 Å². The van der Waals surface area contributed by atoms with Crippen molar-refractivity contribution in [3.8, 4) is 16.9 Å². The second-order valence-corrected chi connectivity index (χ2v) is 5.81. The number of ether oxygens (including phenoxy) is 2. The largest absolute Gasteiger partial charge is 0.495 e. The van der Waals surface area contributed by atoms with Crippen LogP contribution in [0.25, 0.3) is 11.1 Å². The van der Waals surface area contributed by atoms with Crippen molar-refractivity contribution >= 4 is 11.7 Å². The number of urea groups is 1. The first-order chi connectivity index (χ1) is 12.3. The number of hydrogen-bond donors (Lipinski definition) is 3. The highest BCUT2D eigenvalue weighted by Crippen LogP contribution is 2.30. The Morgan fingerprint density at radius 3 is 2.80 bits per heavy atom. The van der Waals surface area contributed by atoms with Gasteiger partial charge in [-0.2, -0.15) is 0 Å². The van der Waals surface area contributed by atoms with Gasteiger partial charge in [0.25, 0.3) is 0 Å². The molecule has 1 fully saturated rings. The molecule has 1 aliphatic heterocycles. The molecule has 0 aliphatic carbocycles. The van der Waals surface area contributed by atoms with Gasteiger partial charge in [-0.3, -0.25) is 0 Å². The zero-order chi connectivity index (χ0) is 17.5. The van der Waals surface area contributed by atoms with Gasteiger partial charge in [-0.1, -0.05) is 36.4 Å². The van der Waals surface area contributed by atoms with Crippen LogP contribution in [0.4, 0.5) is 10.5 Å². The minimum atomic E-state index is -0.280. The highest BCUT2D eigenvalue weighted by Gasteiger charge is 2.15. The summed E-state index contributed by atoms with van der Waals surface area (Å²) in [5.74, 6) is 0.616. The molecule has 3 N–H and O–H groups in total. The zero-order valence-corrected chi connectivity index (χ0v) is 14.2. The van der Waals surface area contributed by atoms with E-state index in [1.165, 1.54) is 0 Å². The average molecular weight is 341 g/mol. The normalized spacial score (nSPS) is 16.9. The summed E-state index contributed by atoms with van der Waals surface area (Å²) < 4.78 is 10.9.